The summed E-state index contributed by atoms with van der Waals surface area (Å²) < 4.78 is 0. The van der Waals surface area contributed by atoms with Gasteiger partial charge in [-0.15, -0.1) is 11.6 Å². The molecule has 0 aliphatic heterocycles. The van der Waals surface area contributed by atoms with Crippen LogP contribution >= 0.6 is 34.8 Å². The van der Waals surface area contributed by atoms with Gasteiger partial charge in [0.1, 0.15) is 0 Å². The Labute approximate surface area is 135 Å². The van der Waals surface area contributed by atoms with Gasteiger partial charge in [-0.05, 0) is 47.2 Å². The van der Waals surface area contributed by atoms with Crippen LogP contribution in [0.1, 0.15) is 48.3 Å². The van der Waals surface area contributed by atoms with Crippen LogP contribution < -0.4 is 0 Å². The van der Waals surface area contributed by atoms with E-state index in [9.17, 15) is 0 Å². The number of hydrogen-bond acceptors (Lipinski definition) is 0. The summed E-state index contributed by atoms with van der Waals surface area (Å²) in [5.74, 6) is 0.568. The average molecular weight is 328 g/mol. The Kier molecular flexibility index (Phi) is 5.37. The van der Waals surface area contributed by atoms with Crippen LogP contribution in [-0.4, -0.2) is 0 Å². The van der Waals surface area contributed by atoms with Gasteiger partial charge in [-0.25, -0.2) is 0 Å². The van der Waals surface area contributed by atoms with Crippen LogP contribution in [-0.2, 0) is 0 Å². The van der Waals surface area contributed by atoms with Crippen molar-refractivity contribution in [1.82, 2.24) is 0 Å². The molecule has 0 saturated carbocycles. The van der Waals surface area contributed by atoms with Crippen LogP contribution in [0.4, 0.5) is 0 Å². The first kappa shape index (κ1) is 15.7. The van der Waals surface area contributed by atoms with E-state index in [-0.39, 0.29) is 5.38 Å². The van der Waals surface area contributed by atoms with Crippen LogP contribution in [0.3, 0.4) is 0 Å². The topological polar surface area (TPSA) is 0 Å². The first-order chi connectivity index (χ1) is 9.51. The van der Waals surface area contributed by atoms with Gasteiger partial charge in [0.25, 0.3) is 0 Å². The SMILES string of the molecule is CCC(C)c1ccc(C(Cl)c2cc(Cl)cc(Cl)c2)cc1. The molecule has 0 bridgehead atoms. The second-order valence-electron chi connectivity index (χ2n) is 5.04. The predicted molar refractivity (Wildman–Crippen MR) is 89.3 cm³/mol. The molecule has 0 fully saturated rings. The molecule has 0 aromatic heterocycles. The van der Waals surface area contributed by atoms with Gasteiger partial charge < -0.3 is 0 Å². The molecular formula is C17H17Cl3. The third-order valence-electron chi connectivity index (χ3n) is 3.59. The first-order valence-corrected chi connectivity index (χ1v) is 7.90. The van der Waals surface area contributed by atoms with Gasteiger partial charge in [-0.3, -0.25) is 0 Å². The fourth-order valence-electron chi connectivity index (χ4n) is 2.14. The number of alkyl halides is 1. The van der Waals surface area contributed by atoms with Gasteiger partial charge in [-0.1, -0.05) is 61.3 Å². The molecule has 2 aromatic rings. The maximum Gasteiger partial charge on any atom is 0.0836 e. The fourth-order valence-corrected chi connectivity index (χ4v) is 2.96. The summed E-state index contributed by atoms with van der Waals surface area (Å²) in [5, 5.41) is 0.973. The molecule has 0 saturated heterocycles. The van der Waals surface area contributed by atoms with Crippen molar-refractivity contribution in [2.24, 2.45) is 0 Å². The molecule has 2 rings (SSSR count). The first-order valence-electron chi connectivity index (χ1n) is 6.71. The van der Waals surface area contributed by atoms with Gasteiger partial charge in [0.2, 0.25) is 0 Å². The summed E-state index contributed by atoms with van der Waals surface area (Å²) in [6.07, 6.45) is 1.13. The molecule has 0 spiro atoms. The minimum atomic E-state index is -0.239. The highest BCUT2D eigenvalue weighted by Gasteiger charge is 2.13. The zero-order valence-corrected chi connectivity index (χ0v) is 13.8. The zero-order valence-electron chi connectivity index (χ0n) is 11.5. The lowest BCUT2D eigenvalue weighted by Gasteiger charge is -2.14. The molecule has 2 unspecified atom stereocenters. The number of hydrogen-bond donors (Lipinski definition) is 0. The normalized spacial score (nSPS) is 14.1. The van der Waals surface area contributed by atoms with E-state index in [1.165, 1.54) is 5.56 Å². The second kappa shape index (κ2) is 6.85. The number of benzene rings is 2. The Morgan fingerprint density at radius 2 is 1.35 bits per heavy atom. The summed E-state index contributed by atoms with van der Waals surface area (Å²) >= 11 is 18.6. The van der Waals surface area contributed by atoms with Gasteiger partial charge >= 0.3 is 0 Å². The number of rotatable bonds is 4. The Bertz CT molecular complexity index is 555. The highest BCUT2D eigenvalue weighted by Crippen LogP contribution is 2.33. The molecule has 0 nitrogen and oxygen atoms in total. The van der Waals surface area contributed by atoms with E-state index < -0.39 is 0 Å². The lowest BCUT2D eigenvalue weighted by molar-refractivity contribution is 0.733. The van der Waals surface area contributed by atoms with Crippen molar-refractivity contribution in [3.8, 4) is 0 Å². The maximum atomic E-state index is 6.52. The van der Waals surface area contributed by atoms with Crippen molar-refractivity contribution < 1.29 is 0 Å². The van der Waals surface area contributed by atoms with E-state index in [2.05, 4.69) is 38.1 Å². The Balaban J connectivity index is 2.26. The third kappa shape index (κ3) is 3.69. The third-order valence-corrected chi connectivity index (χ3v) is 4.53. The molecular weight excluding hydrogens is 311 g/mol. The standard InChI is InChI=1S/C17H17Cl3/c1-3-11(2)12-4-6-13(7-5-12)17(20)14-8-15(18)10-16(19)9-14/h4-11,17H,3H2,1-2H3. The van der Waals surface area contributed by atoms with Gasteiger partial charge in [-0.2, -0.15) is 0 Å². The van der Waals surface area contributed by atoms with E-state index in [0.717, 1.165) is 17.5 Å². The summed E-state index contributed by atoms with van der Waals surface area (Å²) in [4.78, 5) is 0. The molecule has 2 aromatic carbocycles. The van der Waals surface area contributed by atoms with Crippen LogP contribution in [0.5, 0.6) is 0 Å². The van der Waals surface area contributed by atoms with Gasteiger partial charge in [0.05, 0.1) is 5.38 Å². The molecule has 0 aliphatic rings. The molecule has 0 radical (unpaired) electrons. The van der Waals surface area contributed by atoms with Crippen molar-refractivity contribution in [3.63, 3.8) is 0 Å². The van der Waals surface area contributed by atoms with E-state index in [1.807, 2.05) is 12.1 Å². The van der Waals surface area contributed by atoms with Crippen molar-refractivity contribution in [2.45, 2.75) is 31.6 Å². The quantitative estimate of drug-likeness (QED) is 0.539. The lowest BCUT2D eigenvalue weighted by atomic mass is 9.96. The predicted octanol–water partition coefficient (Wildman–Crippen LogP) is 6.84. The Hall–Kier alpha value is -0.690. The monoisotopic (exact) mass is 326 g/mol. The molecule has 0 amide bonds. The molecule has 2 atom stereocenters. The van der Waals surface area contributed by atoms with Crippen LogP contribution in [0.15, 0.2) is 42.5 Å². The van der Waals surface area contributed by atoms with Crippen LogP contribution in [0.2, 0.25) is 10.0 Å². The smallest absolute Gasteiger partial charge is 0.0836 e. The maximum absolute atomic E-state index is 6.52. The molecule has 3 heteroatoms. The van der Waals surface area contributed by atoms with Crippen molar-refractivity contribution in [2.75, 3.05) is 0 Å². The molecule has 0 heterocycles. The highest BCUT2D eigenvalue weighted by molar-refractivity contribution is 6.35. The van der Waals surface area contributed by atoms with Gasteiger partial charge in [0, 0.05) is 10.0 Å². The lowest BCUT2D eigenvalue weighted by Crippen LogP contribution is -1.96. The largest absolute Gasteiger partial charge is 0.113 e. The molecule has 20 heavy (non-hydrogen) atoms. The minimum absolute atomic E-state index is 0.239. The van der Waals surface area contributed by atoms with E-state index in [4.69, 9.17) is 34.8 Å². The van der Waals surface area contributed by atoms with Crippen molar-refractivity contribution in [1.29, 1.82) is 0 Å². The highest BCUT2D eigenvalue weighted by atomic mass is 35.5. The van der Waals surface area contributed by atoms with Gasteiger partial charge in [0.15, 0.2) is 0 Å². The fraction of sp³-hybridized carbons (Fsp3) is 0.294. The van der Waals surface area contributed by atoms with Crippen molar-refractivity contribution >= 4 is 34.8 Å². The minimum Gasteiger partial charge on any atom is -0.113 e. The molecule has 0 N–H and O–H groups in total. The average Bonchev–Trinajstić information content (AvgIpc) is 2.45. The van der Waals surface area contributed by atoms with Crippen LogP contribution in [0.25, 0.3) is 0 Å². The molecule has 106 valence electrons. The van der Waals surface area contributed by atoms with E-state index >= 15 is 0 Å². The molecule has 0 aliphatic carbocycles. The summed E-state index contributed by atoms with van der Waals surface area (Å²) in [7, 11) is 0. The number of halogens is 3. The summed E-state index contributed by atoms with van der Waals surface area (Å²) in [6, 6.07) is 13.9. The Morgan fingerprint density at radius 3 is 1.85 bits per heavy atom. The summed E-state index contributed by atoms with van der Waals surface area (Å²) in [6.45, 7) is 4.42. The second-order valence-corrected chi connectivity index (χ2v) is 6.35. The Morgan fingerprint density at radius 1 is 0.850 bits per heavy atom. The van der Waals surface area contributed by atoms with Crippen molar-refractivity contribution in [3.05, 3.63) is 69.2 Å². The zero-order chi connectivity index (χ0) is 14.7. The van der Waals surface area contributed by atoms with E-state index in [0.29, 0.717) is 16.0 Å². The van der Waals surface area contributed by atoms with Crippen LogP contribution in [0, 0.1) is 0 Å². The summed E-state index contributed by atoms with van der Waals surface area (Å²) in [5.41, 5.74) is 3.31. The van der Waals surface area contributed by atoms with E-state index in [1.54, 1.807) is 6.07 Å².